The van der Waals surface area contributed by atoms with Gasteiger partial charge in [-0.3, -0.25) is 4.57 Å². The lowest BCUT2D eigenvalue weighted by Gasteiger charge is -2.37. The zero-order chi connectivity index (χ0) is 15.0. The van der Waals surface area contributed by atoms with Gasteiger partial charge < -0.3 is 23.3 Å². The van der Waals surface area contributed by atoms with Crippen LogP contribution in [0.15, 0.2) is 0 Å². The normalized spacial score (nSPS) is 36.9. The van der Waals surface area contributed by atoms with E-state index < -0.39 is 19.2 Å². The SMILES string of the molecule is CCOP(=O)(OCC)C1C[C@@H]2OC(C)(C)O[C@@H]2[C@@H](C)O1. The Morgan fingerprint density at radius 3 is 2.35 bits per heavy atom. The lowest BCUT2D eigenvalue weighted by molar-refractivity contribution is -0.153. The van der Waals surface area contributed by atoms with E-state index in [-0.39, 0.29) is 18.3 Å². The summed E-state index contributed by atoms with van der Waals surface area (Å²) >= 11 is 0. The Kier molecular flexibility index (Phi) is 4.95. The van der Waals surface area contributed by atoms with Gasteiger partial charge in [0.2, 0.25) is 0 Å². The fraction of sp³-hybridized carbons (Fsp3) is 1.00. The monoisotopic (exact) mass is 308 g/mol. The summed E-state index contributed by atoms with van der Waals surface area (Å²) < 4.78 is 41.1. The van der Waals surface area contributed by atoms with Crippen LogP contribution in [0.25, 0.3) is 0 Å². The summed E-state index contributed by atoms with van der Waals surface area (Å²) in [5.41, 5.74) is 0. The molecule has 0 aromatic carbocycles. The molecule has 0 N–H and O–H groups in total. The van der Waals surface area contributed by atoms with E-state index in [4.69, 9.17) is 23.3 Å². The highest BCUT2D eigenvalue weighted by molar-refractivity contribution is 7.54. The first-order valence-electron chi connectivity index (χ1n) is 7.21. The molecule has 2 heterocycles. The predicted octanol–water partition coefficient (Wildman–Crippen LogP) is 2.91. The molecule has 118 valence electrons. The topological polar surface area (TPSA) is 63.2 Å². The number of rotatable bonds is 5. The van der Waals surface area contributed by atoms with E-state index >= 15 is 0 Å². The second-order valence-electron chi connectivity index (χ2n) is 5.55. The lowest BCUT2D eigenvalue weighted by Crippen LogP contribution is -2.45. The Labute approximate surface area is 120 Å². The second kappa shape index (κ2) is 6.03. The van der Waals surface area contributed by atoms with Crippen LogP contribution in [0, 0.1) is 0 Å². The van der Waals surface area contributed by atoms with Crippen molar-refractivity contribution in [2.24, 2.45) is 0 Å². The number of hydrogen-bond acceptors (Lipinski definition) is 6. The van der Waals surface area contributed by atoms with Crippen LogP contribution in [0.3, 0.4) is 0 Å². The summed E-state index contributed by atoms with van der Waals surface area (Å²) in [6.45, 7) is 9.87. The van der Waals surface area contributed by atoms with E-state index in [9.17, 15) is 4.57 Å². The molecule has 2 aliphatic heterocycles. The van der Waals surface area contributed by atoms with Crippen LogP contribution in [0.5, 0.6) is 0 Å². The van der Waals surface area contributed by atoms with Gasteiger partial charge >= 0.3 is 7.60 Å². The molecule has 0 bridgehead atoms. The maximum Gasteiger partial charge on any atom is 0.359 e. The molecule has 7 heteroatoms. The zero-order valence-corrected chi connectivity index (χ0v) is 13.7. The lowest BCUT2D eigenvalue weighted by atomic mass is 10.0. The van der Waals surface area contributed by atoms with Crippen molar-refractivity contribution in [2.75, 3.05) is 13.2 Å². The van der Waals surface area contributed by atoms with E-state index in [1.807, 2.05) is 20.8 Å². The van der Waals surface area contributed by atoms with Gasteiger partial charge in [0.25, 0.3) is 0 Å². The Bertz CT molecular complexity index is 375. The minimum absolute atomic E-state index is 0.141. The molecule has 2 fully saturated rings. The smallest absolute Gasteiger partial charge is 0.359 e. The third kappa shape index (κ3) is 3.26. The first-order chi connectivity index (χ1) is 9.31. The Balaban J connectivity index is 2.13. The maximum atomic E-state index is 12.8. The number of ether oxygens (including phenoxy) is 3. The fourth-order valence-corrected chi connectivity index (χ4v) is 4.72. The molecule has 0 radical (unpaired) electrons. The van der Waals surface area contributed by atoms with Crippen molar-refractivity contribution in [3.63, 3.8) is 0 Å². The van der Waals surface area contributed by atoms with Crippen molar-refractivity contribution in [1.29, 1.82) is 0 Å². The first kappa shape index (κ1) is 16.4. The molecule has 20 heavy (non-hydrogen) atoms. The maximum absolute atomic E-state index is 12.8. The second-order valence-corrected chi connectivity index (χ2v) is 7.72. The highest BCUT2D eigenvalue weighted by Crippen LogP contribution is 2.57. The largest absolute Gasteiger partial charge is 0.360 e. The summed E-state index contributed by atoms with van der Waals surface area (Å²) in [6, 6.07) is 0. The Hall–Kier alpha value is 0.0300. The molecule has 0 aromatic rings. The summed E-state index contributed by atoms with van der Waals surface area (Å²) in [4.78, 5) is 0. The van der Waals surface area contributed by atoms with Gasteiger partial charge in [0.15, 0.2) is 11.6 Å². The van der Waals surface area contributed by atoms with Gasteiger partial charge in [-0.05, 0) is 34.6 Å². The van der Waals surface area contributed by atoms with Crippen molar-refractivity contribution in [3.8, 4) is 0 Å². The van der Waals surface area contributed by atoms with E-state index in [0.717, 1.165) is 0 Å². The van der Waals surface area contributed by atoms with Crippen molar-refractivity contribution >= 4 is 7.60 Å². The quantitative estimate of drug-likeness (QED) is 0.728. The van der Waals surface area contributed by atoms with Gasteiger partial charge in [-0.15, -0.1) is 0 Å². The molecule has 0 saturated carbocycles. The van der Waals surface area contributed by atoms with Gasteiger partial charge in [-0.25, -0.2) is 0 Å². The molecular weight excluding hydrogens is 283 g/mol. The molecule has 6 nitrogen and oxygen atoms in total. The van der Waals surface area contributed by atoms with Gasteiger partial charge in [0.05, 0.1) is 25.4 Å². The third-order valence-corrected chi connectivity index (χ3v) is 5.73. The molecule has 4 atom stereocenters. The van der Waals surface area contributed by atoms with Gasteiger partial charge in [0.1, 0.15) is 6.10 Å². The summed E-state index contributed by atoms with van der Waals surface area (Å²) in [5, 5.41) is 0. The highest BCUT2D eigenvalue weighted by atomic mass is 31.2. The van der Waals surface area contributed by atoms with E-state index in [2.05, 4.69) is 0 Å². The van der Waals surface area contributed by atoms with Crippen LogP contribution in [-0.4, -0.2) is 43.2 Å². The van der Waals surface area contributed by atoms with Crippen molar-refractivity contribution < 1.29 is 27.8 Å². The molecule has 0 spiro atoms. The van der Waals surface area contributed by atoms with E-state index in [1.54, 1.807) is 13.8 Å². The Morgan fingerprint density at radius 2 is 1.80 bits per heavy atom. The average molecular weight is 308 g/mol. The summed E-state index contributed by atoms with van der Waals surface area (Å²) in [7, 11) is -3.28. The van der Waals surface area contributed by atoms with Crippen LogP contribution in [0.1, 0.15) is 41.0 Å². The Morgan fingerprint density at radius 1 is 1.20 bits per heavy atom. The van der Waals surface area contributed by atoms with Crippen molar-refractivity contribution in [3.05, 3.63) is 0 Å². The molecule has 0 amide bonds. The minimum Gasteiger partial charge on any atom is -0.360 e. The molecule has 0 aromatic heterocycles. The van der Waals surface area contributed by atoms with Gasteiger partial charge in [0, 0.05) is 6.42 Å². The van der Waals surface area contributed by atoms with E-state index in [0.29, 0.717) is 19.6 Å². The average Bonchev–Trinajstić information content (AvgIpc) is 2.64. The van der Waals surface area contributed by atoms with Gasteiger partial charge in [-0.2, -0.15) is 0 Å². The predicted molar refractivity (Wildman–Crippen MR) is 73.6 cm³/mol. The molecule has 2 aliphatic rings. The van der Waals surface area contributed by atoms with Crippen molar-refractivity contribution in [1.82, 2.24) is 0 Å². The van der Waals surface area contributed by atoms with Crippen LogP contribution in [0.2, 0.25) is 0 Å². The van der Waals surface area contributed by atoms with Crippen LogP contribution >= 0.6 is 7.60 Å². The van der Waals surface area contributed by atoms with Gasteiger partial charge in [-0.1, -0.05) is 0 Å². The minimum atomic E-state index is -3.28. The van der Waals surface area contributed by atoms with Crippen LogP contribution < -0.4 is 0 Å². The number of fused-ring (bicyclic) bond motifs is 1. The number of hydrogen-bond donors (Lipinski definition) is 0. The molecule has 1 unspecified atom stereocenters. The molecule has 2 rings (SSSR count). The highest BCUT2D eigenvalue weighted by Gasteiger charge is 2.53. The first-order valence-corrected chi connectivity index (χ1v) is 8.82. The molecule has 2 saturated heterocycles. The standard InChI is InChI=1S/C13H25O6P/c1-6-15-20(14,16-7-2)11-8-10-12(9(3)17-11)19-13(4,5)18-10/h9-12H,6-8H2,1-5H3/t9-,10+,11?,12-/m1/s1. The zero-order valence-electron chi connectivity index (χ0n) is 12.8. The van der Waals surface area contributed by atoms with E-state index in [1.165, 1.54) is 0 Å². The molecular formula is C13H25O6P. The molecule has 0 aliphatic carbocycles. The fourth-order valence-electron chi connectivity index (χ4n) is 2.79. The third-order valence-electron chi connectivity index (χ3n) is 3.46. The summed E-state index contributed by atoms with van der Waals surface area (Å²) in [5.74, 6) is -1.24. The van der Waals surface area contributed by atoms with Crippen molar-refractivity contribution in [2.45, 2.75) is 71.0 Å². The van der Waals surface area contributed by atoms with Crippen LogP contribution in [-0.2, 0) is 27.8 Å². The van der Waals surface area contributed by atoms with Crippen LogP contribution in [0.4, 0.5) is 0 Å². The summed E-state index contributed by atoms with van der Waals surface area (Å²) in [6.07, 6.45) is -0.0453.